The van der Waals surface area contributed by atoms with Crippen LogP contribution in [0.25, 0.3) is 0 Å². The Morgan fingerprint density at radius 2 is 2.20 bits per heavy atom. The number of amides is 1. The molecule has 110 valence electrons. The molecule has 0 aliphatic carbocycles. The van der Waals surface area contributed by atoms with E-state index in [1.165, 1.54) is 0 Å². The standard InChI is InChI=1S/C15H23N3O2/c1-3-16-10-13-6-7-14(11-17-13)20-12(2)15(19)18-8-4-5-9-18/h6-7,11-12,16H,3-5,8-10H2,1-2H3. The van der Waals surface area contributed by atoms with Gasteiger partial charge in [-0.2, -0.15) is 0 Å². The van der Waals surface area contributed by atoms with Crippen LogP contribution in [-0.4, -0.2) is 41.5 Å². The molecule has 1 unspecified atom stereocenters. The molecule has 0 aromatic carbocycles. The second-order valence-corrected chi connectivity index (χ2v) is 5.06. The lowest BCUT2D eigenvalue weighted by Crippen LogP contribution is -2.38. The molecule has 5 heteroatoms. The predicted octanol–water partition coefficient (Wildman–Crippen LogP) is 1.58. The van der Waals surface area contributed by atoms with Crippen LogP contribution in [-0.2, 0) is 11.3 Å². The van der Waals surface area contributed by atoms with E-state index in [0.29, 0.717) is 5.75 Å². The first kappa shape index (κ1) is 14.8. The molecule has 5 nitrogen and oxygen atoms in total. The number of hydrogen-bond donors (Lipinski definition) is 1. The number of pyridine rings is 1. The summed E-state index contributed by atoms with van der Waals surface area (Å²) in [6, 6.07) is 3.79. The average Bonchev–Trinajstić information content (AvgIpc) is 3.00. The maximum absolute atomic E-state index is 12.1. The van der Waals surface area contributed by atoms with Crippen LogP contribution in [0.2, 0.25) is 0 Å². The first-order valence-electron chi connectivity index (χ1n) is 7.31. The van der Waals surface area contributed by atoms with E-state index in [1.54, 1.807) is 13.1 Å². The second kappa shape index (κ2) is 7.24. The van der Waals surface area contributed by atoms with Crippen LogP contribution in [0.3, 0.4) is 0 Å². The maximum Gasteiger partial charge on any atom is 0.263 e. The van der Waals surface area contributed by atoms with E-state index in [0.717, 1.165) is 44.7 Å². The Kier molecular flexibility index (Phi) is 5.35. The van der Waals surface area contributed by atoms with E-state index in [1.807, 2.05) is 17.0 Å². The minimum absolute atomic E-state index is 0.0687. The molecule has 1 atom stereocenters. The number of ether oxygens (including phenoxy) is 1. The topological polar surface area (TPSA) is 54.5 Å². The van der Waals surface area contributed by atoms with Gasteiger partial charge in [-0.3, -0.25) is 9.78 Å². The third kappa shape index (κ3) is 3.93. The number of hydrogen-bond acceptors (Lipinski definition) is 4. The molecule has 0 saturated carbocycles. The summed E-state index contributed by atoms with van der Waals surface area (Å²) in [6.07, 6.45) is 3.42. The molecule has 1 aromatic heterocycles. The molecule has 0 spiro atoms. The van der Waals surface area contributed by atoms with Gasteiger partial charge in [0.15, 0.2) is 6.10 Å². The zero-order valence-corrected chi connectivity index (χ0v) is 12.3. The van der Waals surface area contributed by atoms with Gasteiger partial charge in [0.2, 0.25) is 0 Å². The number of nitrogens with one attached hydrogen (secondary N) is 1. The summed E-state index contributed by atoms with van der Waals surface area (Å²) >= 11 is 0. The molecule has 1 aromatic rings. The Hall–Kier alpha value is -1.62. The maximum atomic E-state index is 12.1. The predicted molar refractivity (Wildman–Crippen MR) is 77.5 cm³/mol. The smallest absolute Gasteiger partial charge is 0.263 e. The van der Waals surface area contributed by atoms with Crippen LogP contribution in [0, 0.1) is 0 Å². The molecule has 2 heterocycles. The highest BCUT2D eigenvalue weighted by Gasteiger charge is 2.24. The molecule has 0 bridgehead atoms. The summed E-state index contributed by atoms with van der Waals surface area (Å²) in [5, 5.41) is 3.22. The first-order valence-corrected chi connectivity index (χ1v) is 7.31. The van der Waals surface area contributed by atoms with Crippen molar-refractivity contribution in [3.63, 3.8) is 0 Å². The van der Waals surface area contributed by atoms with Crippen LogP contribution >= 0.6 is 0 Å². The number of rotatable bonds is 6. The normalized spacial score (nSPS) is 16.2. The lowest BCUT2D eigenvalue weighted by molar-refractivity contribution is -0.136. The van der Waals surface area contributed by atoms with Crippen molar-refractivity contribution in [1.82, 2.24) is 15.2 Å². The lowest BCUT2D eigenvalue weighted by atomic mass is 10.3. The summed E-state index contributed by atoms with van der Waals surface area (Å²) in [7, 11) is 0. The van der Waals surface area contributed by atoms with Crippen LogP contribution in [0.4, 0.5) is 0 Å². The molecule has 1 aliphatic rings. The van der Waals surface area contributed by atoms with E-state index in [-0.39, 0.29) is 5.91 Å². The Morgan fingerprint density at radius 1 is 1.45 bits per heavy atom. The molecule has 1 N–H and O–H groups in total. The SMILES string of the molecule is CCNCc1ccc(OC(C)C(=O)N2CCCC2)cn1. The van der Waals surface area contributed by atoms with Crippen LogP contribution < -0.4 is 10.1 Å². The molecule has 1 aliphatic heterocycles. The number of carbonyl (C=O) groups is 1. The zero-order chi connectivity index (χ0) is 14.4. The molecule has 1 fully saturated rings. The van der Waals surface area contributed by atoms with Crippen molar-refractivity contribution in [3.05, 3.63) is 24.0 Å². The van der Waals surface area contributed by atoms with Crippen LogP contribution in [0.15, 0.2) is 18.3 Å². The fourth-order valence-corrected chi connectivity index (χ4v) is 2.29. The Labute approximate surface area is 120 Å². The van der Waals surface area contributed by atoms with Gasteiger partial charge < -0.3 is 15.0 Å². The minimum atomic E-state index is -0.450. The van der Waals surface area contributed by atoms with Gasteiger partial charge in [0, 0.05) is 19.6 Å². The third-order valence-electron chi connectivity index (χ3n) is 3.43. The second-order valence-electron chi connectivity index (χ2n) is 5.06. The van der Waals surface area contributed by atoms with E-state index in [2.05, 4.69) is 17.2 Å². The molecule has 20 heavy (non-hydrogen) atoms. The number of likely N-dealkylation sites (tertiary alicyclic amines) is 1. The van der Waals surface area contributed by atoms with E-state index in [4.69, 9.17) is 4.74 Å². The first-order chi connectivity index (χ1) is 9.70. The third-order valence-corrected chi connectivity index (χ3v) is 3.43. The van der Waals surface area contributed by atoms with E-state index < -0.39 is 6.10 Å². The quantitative estimate of drug-likeness (QED) is 0.858. The summed E-state index contributed by atoms with van der Waals surface area (Å²) < 4.78 is 5.67. The Morgan fingerprint density at radius 3 is 2.80 bits per heavy atom. The van der Waals surface area contributed by atoms with E-state index in [9.17, 15) is 4.79 Å². The molecule has 1 amide bonds. The highest BCUT2D eigenvalue weighted by Crippen LogP contribution is 2.15. The number of nitrogens with zero attached hydrogens (tertiary/aromatic N) is 2. The summed E-state index contributed by atoms with van der Waals surface area (Å²) in [6.45, 7) is 7.23. The van der Waals surface area contributed by atoms with Crippen molar-refractivity contribution in [1.29, 1.82) is 0 Å². The fourth-order valence-electron chi connectivity index (χ4n) is 2.29. The summed E-state index contributed by atoms with van der Waals surface area (Å²) in [4.78, 5) is 18.3. The molecule has 0 radical (unpaired) electrons. The van der Waals surface area contributed by atoms with Crippen molar-refractivity contribution in [2.24, 2.45) is 0 Å². The highest BCUT2D eigenvalue weighted by atomic mass is 16.5. The number of aromatic nitrogens is 1. The van der Waals surface area contributed by atoms with Gasteiger partial charge in [-0.25, -0.2) is 0 Å². The van der Waals surface area contributed by atoms with Gasteiger partial charge in [-0.05, 0) is 38.4 Å². The van der Waals surface area contributed by atoms with Gasteiger partial charge >= 0.3 is 0 Å². The van der Waals surface area contributed by atoms with Crippen molar-refractivity contribution in [3.8, 4) is 5.75 Å². The summed E-state index contributed by atoms with van der Waals surface area (Å²) in [5.41, 5.74) is 0.970. The van der Waals surface area contributed by atoms with Crippen molar-refractivity contribution in [2.75, 3.05) is 19.6 Å². The van der Waals surface area contributed by atoms with Crippen LogP contribution in [0.5, 0.6) is 5.75 Å². The monoisotopic (exact) mass is 277 g/mol. The van der Waals surface area contributed by atoms with Gasteiger partial charge in [0.25, 0.3) is 5.91 Å². The number of carbonyl (C=O) groups excluding carboxylic acids is 1. The Bertz CT molecular complexity index is 427. The van der Waals surface area contributed by atoms with E-state index >= 15 is 0 Å². The fraction of sp³-hybridized carbons (Fsp3) is 0.600. The minimum Gasteiger partial charge on any atom is -0.479 e. The van der Waals surface area contributed by atoms with Gasteiger partial charge in [0.05, 0.1) is 11.9 Å². The molecular formula is C15H23N3O2. The largest absolute Gasteiger partial charge is 0.479 e. The lowest BCUT2D eigenvalue weighted by Gasteiger charge is -2.21. The van der Waals surface area contributed by atoms with Gasteiger partial charge in [0.1, 0.15) is 5.75 Å². The molecular weight excluding hydrogens is 254 g/mol. The van der Waals surface area contributed by atoms with Crippen molar-refractivity contribution in [2.45, 2.75) is 39.3 Å². The van der Waals surface area contributed by atoms with Gasteiger partial charge in [-0.15, -0.1) is 0 Å². The zero-order valence-electron chi connectivity index (χ0n) is 12.3. The van der Waals surface area contributed by atoms with Gasteiger partial charge in [-0.1, -0.05) is 6.92 Å². The van der Waals surface area contributed by atoms with Crippen molar-refractivity contribution >= 4 is 5.91 Å². The van der Waals surface area contributed by atoms with Crippen LogP contribution in [0.1, 0.15) is 32.4 Å². The molecule has 1 saturated heterocycles. The molecule has 2 rings (SSSR count). The Balaban J connectivity index is 1.87. The van der Waals surface area contributed by atoms with Crippen molar-refractivity contribution < 1.29 is 9.53 Å². The average molecular weight is 277 g/mol. The summed E-state index contributed by atoms with van der Waals surface area (Å²) in [5.74, 6) is 0.713. The highest BCUT2D eigenvalue weighted by molar-refractivity contribution is 5.81.